The van der Waals surface area contributed by atoms with Gasteiger partial charge in [0.2, 0.25) is 0 Å². The number of rotatable bonds is 3. The molecule has 3 rings (SSSR count). The molecule has 0 saturated heterocycles. The number of pyridine rings is 1. The number of nitrogens with zero attached hydrogens (tertiary/aromatic N) is 2. The van der Waals surface area contributed by atoms with Crippen LogP contribution in [-0.2, 0) is 0 Å². The van der Waals surface area contributed by atoms with Crippen molar-refractivity contribution < 1.29 is 4.74 Å². The first kappa shape index (κ1) is 13.2. The van der Waals surface area contributed by atoms with Gasteiger partial charge in [0, 0.05) is 43.1 Å². The third kappa shape index (κ3) is 2.74. The second-order valence-electron chi connectivity index (χ2n) is 5.08. The summed E-state index contributed by atoms with van der Waals surface area (Å²) < 4.78 is 6.01. The van der Waals surface area contributed by atoms with Crippen LogP contribution in [0, 0.1) is 0 Å². The van der Waals surface area contributed by atoms with Crippen LogP contribution >= 0.6 is 0 Å². The van der Waals surface area contributed by atoms with E-state index in [2.05, 4.69) is 4.98 Å². The Balaban J connectivity index is 2.00. The summed E-state index contributed by atoms with van der Waals surface area (Å²) in [6.07, 6.45) is 1.73. The largest absolute Gasteiger partial charge is 0.457 e. The molecular formula is C17H17N3O. The molecule has 106 valence electrons. The highest BCUT2D eigenvalue weighted by Gasteiger charge is 2.06. The first-order valence-electron chi connectivity index (χ1n) is 6.73. The summed E-state index contributed by atoms with van der Waals surface area (Å²) in [6, 6.07) is 15.5. The maximum atomic E-state index is 6.01. The number of hydrogen-bond donors (Lipinski definition) is 1. The number of aromatic nitrogens is 1. The summed E-state index contributed by atoms with van der Waals surface area (Å²) in [7, 11) is 4.01. The van der Waals surface area contributed by atoms with Crippen LogP contribution in [0.1, 0.15) is 0 Å². The third-order valence-electron chi connectivity index (χ3n) is 3.29. The van der Waals surface area contributed by atoms with Gasteiger partial charge in [0.1, 0.15) is 11.5 Å². The lowest BCUT2D eigenvalue weighted by molar-refractivity contribution is 0.488. The van der Waals surface area contributed by atoms with Gasteiger partial charge in [-0.25, -0.2) is 0 Å². The van der Waals surface area contributed by atoms with Gasteiger partial charge in [-0.05, 0) is 36.4 Å². The SMILES string of the molecule is CN(C)c1cccc(Oc2ccnc3cc(N)ccc23)c1. The maximum absolute atomic E-state index is 6.01. The fourth-order valence-electron chi connectivity index (χ4n) is 2.18. The Morgan fingerprint density at radius 1 is 1.05 bits per heavy atom. The molecule has 0 aliphatic carbocycles. The first-order valence-corrected chi connectivity index (χ1v) is 6.73. The molecule has 3 aromatic rings. The fourth-order valence-corrected chi connectivity index (χ4v) is 2.18. The van der Waals surface area contributed by atoms with E-state index in [1.54, 1.807) is 6.20 Å². The molecular weight excluding hydrogens is 262 g/mol. The van der Waals surface area contributed by atoms with Crippen molar-refractivity contribution in [1.82, 2.24) is 4.98 Å². The summed E-state index contributed by atoms with van der Waals surface area (Å²) in [6.45, 7) is 0. The second-order valence-corrected chi connectivity index (χ2v) is 5.08. The quantitative estimate of drug-likeness (QED) is 0.743. The molecule has 0 aliphatic rings. The maximum Gasteiger partial charge on any atom is 0.138 e. The van der Waals surface area contributed by atoms with E-state index >= 15 is 0 Å². The van der Waals surface area contributed by atoms with Crippen LogP contribution in [0.5, 0.6) is 11.5 Å². The van der Waals surface area contributed by atoms with Crippen molar-refractivity contribution in [3.8, 4) is 11.5 Å². The molecule has 0 saturated carbocycles. The lowest BCUT2D eigenvalue weighted by Crippen LogP contribution is -2.08. The van der Waals surface area contributed by atoms with Gasteiger partial charge in [-0.15, -0.1) is 0 Å². The van der Waals surface area contributed by atoms with Crippen LogP contribution < -0.4 is 15.4 Å². The molecule has 4 heteroatoms. The number of benzene rings is 2. The van der Waals surface area contributed by atoms with Crippen molar-refractivity contribution >= 4 is 22.3 Å². The third-order valence-corrected chi connectivity index (χ3v) is 3.29. The summed E-state index contributed by atoms with van der Waals surface area (Å²) in [5.41, 5.74) is 8.41. The Bertz CT molecular complexity index is 784. The summed E-state index contributed by atoms with van der Waals surface area (Å²) in [4.78, 5) is 6.36. The van der Waals surface area contributed by atoms with E-state index in [4.69, 9.17) is 10.5 Å². The highest BCUT2D eigenvalue weighted by atomic mass is 16.5. The van der Waals surface area contributed by atoms with Gasteiger partial charge < -0.3 is 15.4 Å². The molecule has 0 unspecified atom stereocenters. The molecule has 0 atom stereocenters. The minimum absolute atomic E-state index is 0.696. The van der Waals surface area contributed by atoms with Crippen molar-refractivity contribution in [3.05, 3.63) is 54.7 Å². The molecule has 0 amide bonds. The average Bonchev–Trinajstić information content (AvgIpc) is 2.47. The molecule has 2 aromatic carbocycles. The Morgan fingerprint density at radius 2 is 1.90 bits per heavy atom. The smallest absolute Gasteiger partial charge is 0.138 e. The molecule has 0 bridgehead atoms. The molecule has 0 radical (unpaired) electrons. The predicted molar refractivity (Wildman–Crippen MR) is 87.0 cm³/mol. The lowest BCUT2D eigenvalue weighted by atomic mass is 10.2. The van der Waals surface area contributed by atoms with Crippen LogP contribution in [0.15, 0.2) is 54.7 Å². The van der Waals surface area contributed by atoms with E-state index in [9.17, 15) is 0 Å². The van der Waals surface area contributed by atoms with Crippen LogP contribution in [0.3, 0.4) is 0 Å². The Kier molecular flexibility index (Phi) is 3.36. The first-order chi connectivity index (χ1) is 10.1. The number of hydrogen-bond acceptors (Lipinski definition) is 4. The number of ether oxygens (including phenoxy) is 1. The normalized spacial score (nSPS) is 10.6. The molecule has 0 spiro atoms. The van der Waals surface area contributed by atoms with Crippen molar-refractivity contribution in [2.45, 2.75) is 0 Å². The lowest BCUT2D eigenvalue weighted by Gasteiger charge is -2.14. The van der Waals surface area contributed by atoms with E-state index in [1.165, 1.54) is 0 Å². The van der Waals surface area contributed by atoms with Crippen molar-refractivity contribution in [2.75, 3.05) is 24.7 Å². The van der Waals surface area contributed by atoms with Gasteiger partial charge in [-0.2, -0.15) is 0 Å². The fraction of sp³-hybridized carbons (Fsp3) is 0.118. The van der Waals surface area contributed by atoms with Crippen molar-refractivity contribution in [1.29, 1.82) is 0 Å². The molecule has 0 fully saturated rings. The van der Waals surface area contributed by atoms with Gasteiger partial charge in [-0.1, -0.05) is 6.07 Å². The Hall–Kier alpha value is -2.75. The van der Waals surface area contributed by atoms with E-state index < -0.39 is 0 Å². The standard InChI is InChI=1S/C17H17N3O/c1-20(2)13-4-3-5-14(11-13)21-17-8-9-19-16-10-12(18)6-7-15(16)17/h3-11H,18H2,1-2H3. The summed E-state index contributed by atoms with van der Waals surface area (Å²) in [5, 5.41) is 0.946. The summed E-state index contributed by atoms with van der Waals surface area (Å²) >= 11 is 0. The Morgan fingerprint density at radius 3 is 2.71 bits per heavy atom. The van der Waals surface area contributed by atoms with E-state index in [-0.39, 0.29) is 0 Å². The monoisotopic (exact) mass is 279 g/mol. The summed E-state index contributed by atoms with van der Waals surface area (Å²) in [5.74, 6) is 1.57. The Labute approximate surface area is 123 Å². The van der Waals surface area contributed by atoms with Crippen LogP contribution in [0.25, 0.3) is 10.9 Å². The van der Waals surface area contributed by atoms with Crippen LogP contribution in [0.2, 0.25) is 0 Å². The van der Waals surface area contributed by atoms with E-state index in [0.29, 0.717) is 5.69 Å². The highest BCUT2D eigenvalue weighted by Crippen LogP contribution is 2.31. The topological polar surface area (TPSA) is 51.4 Å². The average molecular weight is 279 g/mol. The van der Waals surface area contributed by atoms with Crippen molar-refractivity contribution in [2.24, 2.45) is 0 Å². The van der Waals surface area contributed by atoms with Gasteiger partial charge in [-0.3, -0.25) is 4.98 Å². The second kappa shape index (κ2) is 5.32. The van der Waals surface area contributed by atoms with Crippen LogP contribution in [0.4, 0.5) is 11.4 Å². The van der Waals surface area contributed by atoms with Crippen molar-refractivity contribution in [3.63, 3.8) is 0 Å². The molecule has 21 heavy (non-hydrogen) atoms. The highest BCUT2D eigenvalue weighted by molar-refractivity contribution is 5.87. The van der Waals surface area contributed by atoms with Gasteiger partial charge in [0.25, 0.3) is 0 Å². The number of anilines is 2. The number of nitrogen functional groups attached to an aromatic ring is 1. The zero-order chi connectivity index (χ0) is 14.8. The molecule has 2 N–H and O–H groups in total. The van der Waals surface area contributed by atoms with Gasteiger partial charge in [0.05, 0.1) is 5.52 Å². The van der Waals surface area contributed by atoms with Gasteiger partial charge >= 0.3 is 0 Å². The molecule has 4 nitrogen and oxygen atoms in total. The zero-order valence-electron chi connectivity index (χ0n) is 12.1. The number of nitrogens with two attached hydrogens (primary N) is 1. The molecule has 0 aliphatic heterocycles. The molecule has 1 heterocycles. The van der Waals surface area contributed by atoms with Gasteiger partial charge in [0.15, 0.2) is 0 Å². The minimum atomic E-state index is 0.696. The minimum Gasteiger partial charge on any atom is -0.457 e. The molecule has 1 aromatic heterocycles. The predicted octanol–water partition coefficient (Wildman–Crippen LogP) is 3.68. The number of fused-ring (bicyclic) bond motifs is 1. The van der Waals surface area contributed by atoms with E-state index in [1.807, 2.05) is 67.5 Å². The zero-order valence-corrected chi connectivity index (χ0v) is 12.1. The van der Waals surface area contributed by atoms with Crippen LogP contribution in [-0.4, -0.2) is 19.1 Å². The van der Waals surface area contributed by atoms with E-state index in [0.717, 1.165) is 28.1 Å².